The maximum Gasteiger partial charge on any atom is 0.104 e. The first-order valence-electron chi connectivity index (χ1n) is 5.33. The number of rotatable bonds is 5. The van der Waals surface area contributed by atoms with Gasteiger partial charge in [-0.1, -0.05) is 6.07 Å². The molecule has 3 nitrogen and oxygen atoms in total. The van der Waals surface area contributed by atoms with Gasteiger partial charge >= 0.3 is 0 Å². The highest BCUT2D eigenvalue weighted by molar-refractivity contribution is 7.10. The van der Waals surface area contributed by atoms with E-state index in [-0.39, 0.29) is 6.10 Å². The summed E-state index contributed by atoms with van der Waals surface area (Å²) in [5.74, 6) is 0.555. The van der Waals surface area contributed by atoms with E-state index in [1.807, 2.05) is 6.07 Å². The highest BCUT2D eigenvalue weighted by Gasteiger charge is 2.18. The Morgan fingerprint density at radius 3 is 3.20 bits per heavy atom. The van der Waals surface area contributed by atoms with E-state index in [9.17, 15) is 0 Å². The zero-order valence-corrected chi connectivity index (χ0v) is 9.54. The van der Waals surface area contributed by atoms with Crippen LogP contribution in [0.5, 0.6) is 0 Å². The van der Waals surface area contributed by atoms with Crippen LogP contribution in [0.1, 0.15) is 17.4 Å². The summed E-state index contributed by atoms with van der Waals surface area (Å²) in [7, 11) is 0. The topological polar surface area (TPSA) is 44.5 Å². The third kappa shape index (κ3) is 3.01. The fraction of sp³-hybridized carbons (Fsp3) is 0.636. The van der Waals surface area contributed by atoms with E-state index >= 15 is 0 Å². The lowest BCUT2D eigenvalue weighted by atomic mass is 10.1. The molecule has 1 aromatic rings. The lowest BCUT2D eigenvalue weighted by Crippen LogP contribution is -2.19. The van der Waals surface area contributed by atoms with E-state index in [4.69, 9.17) is 15.2 Å². The van der Waals surface area contributed by atoms with Crippen LogP contribution in [0.15, 0.2) is 17.5 Å². The molecule has 2 rings (SSSR count). The van der Waals surface area contributed by atoms with Gasteiger partial charge < -0.3 is 15.2 Å². The summed E-state index contributed by atoms with van der Waals surface area (Å²) in [5.41, 5.74) is 5.70. The number of nitrogens with two attached hydrogens (primary N) is 1. The Hall–Kier alpha value is -0.420. The molecule has 0 spiro atoms. The molecular weight excluding hydrogens is 210 g/mol. The van der Waals surface area contributed by atoms with E-state index in [0.717, 1.165) is 26.2 Å². The van der Waals surface area contributed by atoms with Crippen LogP contribution < -0.4 is 5.73 Å². The van der Waals surface area contributed by atoms with Crippen LogP contribution in [0.4, 0.5) is 0 Å². The summed E-state index contributed by atoms with van der Waals surface area (Å²) in [6.07, 6.45) is 1.17. The van der Waals surface area contributed by atoms with Crippen molar-refractivity contribution in [1.29, 1.82) is 0 Å². The van der Waals surface area contributed by atoms with E-state index in [0.29, 0.717) is 12.5 Å². The molecule has 0 saturated carbocycles. The minimum Gasteiger partial charge on any atom is -0.381 e. The van der Waals surface area contributed by atoms with Gasteiger partial charge in [0, 0.05) is 23.9 Å². The first-order valence-corrected chi connectivity index (χ1v) is 6.21. The molecule has 4 heteroatoms. The highest BCUT2D eigenvalue weighted by Crippen LogP contribution is 2.23. The lowest BCUT2D eigenvalue weighted by Gasteiger charge is -2.16. The molecule has 1 aliphatic heterocycles. The predicted molar refractivity (Wildman–Crippen MR) is 61.0 cm³/mol. The van der Waals surface area contributed by atoms with Gasteiger partial charge in [0.05, 0.1) is 13.2 Å². The lowest BCUT2D eigenvalue weighted by molar-refractivity contribution is 0.0321. The molecule has 2 atom stereocenters. The van der Waals surface area contributed by atoms with Gasteiger partial charge in [-0.15, -0.1) is 11.3 Å². The molecule has 84 valence electrons. The fourth-order valence-corrected chi connectivity index (χ4v) is 2.50. The van der Waals surface area contributed by atoms with E-state index in [2.05, 4.69) is 11.4 Å². The maximum absolute atomic E-state index is 5.82. The molecule has 2 N–H and O–H groups in total. The van der Waals surface area contributed by atoms with E-state index in [1.54, 1.807) is 11.3 Å². The van der Waals surface area contributed by atoms with Gasteiger partial charge in [-0.05, 0) is 17.9 Å². The third-order valence-corrected chi connectivity index (χ3v) is 3.60. The molecule has 0 bridgehead atoms. The van der Waals surface area contributed by atoms with Crippen LogP contribution >= 0.6 is 11.3 Å². The summed E-state index contributed by atoms with van der Waals surface area (Å²) in [6.45, 7) is 3.02. The minimum absolute atomic E-state index is 0.0607. The molecule has 1 saturated heterocycles. The van der Waals surface area contributed by atoms with Crippen molar-refractivity contribution in [2.24, 2.45) is 11.7 Å². The van der Waals surface area contributed by atoms with Crippen LogP contribution in [0.3, 0.4) is 0 Å². The van der Waals surface area contributed by atoms with Gasteiger partial charge in [0.25, 0.3) is 0 Å². The standard InChI is InChI=1S/C11H17NO2S/c12-6-10(11-2-1-5-15-11)14-8-9-3-4-13-7-9/h1-2,5,9-10H,3-4,6-8,12H2. The van der Waals surface area contributed by atoms with Crippen molar-refractivity contribution in [3.8, 4) is 0 Å². The molecule has 1 aliphatic rings. The van der Waals surface area contributed by atoms with Crippen molar-refractivity contribution in [1.82, 2.24) is 0 Å². The zero-order chi connectivity index (χ0) is 10.5. The molecule has 2 unspecified atom stereocenters. The third-order valence-electron chi connectivity index (χ3n) is 2.63. The minimum atomic E-state index is 0.0607. The van der Waals surface area contributed by atoms with Crippen molar-refractivity contribution in [2.75, 3.05) is 26.4 Å². The largest absolute Gasteiger partial charge is 0.381 e. The Morgan fingerprint density at radius 1 is 1.67 bits per heavy atom. The smallest absolute Gasteiger partial charge is 0.104 e. The van der Waals surface area contributed by atoms with Crippen LogP contribution in [-0.4, -0.2) is 26.4 Å². The zero-order valence-electron chi connectivity index (χ0n) is 8.72. The Labute approximate surface area is 94.2 Å². The molecule has 0 radical (unpaired) electrons. The summed E-state index contributed by atoms with van der Waals surface area (Å²) < 4.78 is 11.1. The predicted octanol–water partition coefficient (Wildman–Crippen LogP) is 1.80. The quantitative estimate of drug-likeness (QED) is 0.834. The van der Waals surface area contributed by atoms with Crippen LogP contribution in [0, 0.1) is 5.92 Å². The van der Waals surface area contributed by atoms with E-state index in [1.165, 1.54) is 4.88 Å². The number of hydrogen-bond donors (Lipinski definition) is 1. The second kappa shape index (κ2) is 5.61. The van der Waals surface area contributed by atoms with Crippen molar-refractivity contribution in [3.63, 3.8) is 0 Å². The van der Waals surface area contributed by atoms with Crippen molar-refractivity contribution >= 4 is 11.3 Å². The van der Waals surface area contributed by atoms with Crippen molar-refractivity contribution < 1.29 is 9.47 Å². The molecule has 1 fully saturated rings. The Balaban J connectivity index is 1.80. The first-order chi connectivity index (χ1) is 7.40. The van der Waals surface area contributed by atoms with Gasteiger partial charge in [0.1, 0.15) is 6.10 Å². The van der Waals surface area contributed by atoms with Gasteiger partial charge in [0.15, 0.2) is 0 Å². The summed E-state index contributed by atoms with van der Waals surface area (Å²) >= 11 is 1.70. The number of ether oxygens (including phenoxy) is 2. The second-order valence-electron chi connectivity index (χ2n) is 3.80. The Morgan fingerprint density at radius 2 is 2.60 bits per heavy atom. The average Bonchev–Trinajstić information content (AvgIpc) is 2.90. The molecule has 0 amide bonds. The maximum atomic E-state index is 5.82. The normalized spacial score (nSPS) is 23.1. The Bertz CT molecular complexity index is 270. The van der Waals surface area contributed by atoms with Crippen molar-refractivity contribution in [2.45, 2.75) is 12.5 Å². The Kier molecular flexibility index (Phi) is 4.14. The van der Waals surface area contributed by atoms with Gasteiger partial charge in [-0.25, -0.2) is 0 Å². The monoisotopic (exact) mass is 227 g/mol. The fourth-order valence-electron chi connectivity index (χ4n) is 1.71. The highest BCUT2D eigenvalue weighted by atomic mass is 32.1. The summed E-state index contributed by atoms with van der Waals surface area (Å²) in [5, 5.41) is 2.06. The second-order valence-corrected chi connectivity index (χ2v) is 4.78. The van der Waals surface area contributed by atoms with Gasteiger partial charge in [-0.3, -0.25) is 0 Å². The number of thiophene rings is 1. The molecule has 0 aliphatic carbocycles. The van der Waals surface area contributed by atoms with Crippen LogP contribution in [0.25, 0.3) is 0 Å². The summed E-state index contributed by atoms with van der Waals surface area (Å²) in [4.78, 5) is 1.22. The van der Waals surface area contributed by atoms with Crippen molar-refractivity contribution in [3.05, 3.63) is 22.4 Å². The summed E-state index contributed by atoms with van der Waals surface area (Å²) in [6, 6.07) is 4.11. The molecule has 0 aromatic carbocycles. The molecule has 2 heterocycles. The van der Waals surface area contributed by atoms with Crippen LogP contribution in [-0.2, 0) is 9.47 Å². The molecular formula is C11H17NO2S. The number of hydrogen-bond acceptors (Lipinski definition) is 4. The molecule has 15 heavy (non-hydrogen) atoms. The first kappa shape index (κ1) is 11.1. The average molecular weight is 227 g/mol. The van der Waals surface area contributed by atoms with E-state index < -0.39 is 0 Å². The van der Waals surface area contributed by atoms with Crippen LogP contribution in [0.2, 0.25) is 0 Å². The molecule has 1 aromatic heterocycles. The SMILES string of the molecule is NCC(OCC1CCOC1)c1cccs1. The van der Waals surface area contributed by atoms with Gasteiger partial charge in [-0.2, -0.15) is 0 Å². The van der Waals surface area contributed by atoms with Gasteiger partial charge in [0.2, 0.25) is 0 Å².